The lowest BCUT2D eigenvalue weighted by atomic mass is 10.5. The van der Waals surface area contributed by atoms with Crippen LogP contribution in [0.1, 0.15) is 12.7 Å². The molecule has 0 aliphatic carbocycles. The van der Waals surface area contributed by atoms with Gasteiger partial charge in [0, 0.05) is 6.92 Å². The van der Waals surface area contributed by atoms with E-state index in [4.69, 9.17) is 0 Å². The van der Waals surface area contributed by atoms with E-state index in [0.29, 0.717) is 0 Å². The highest BCUT2D eigenvalue weighted by Gasteiger charge is 2.06. The zero-order valence-electron chi connectivity index (χ0n) is 8.81. The number of aromatic nitrogens is 4. The minimum atomic E-state index is -0.506. The Labute approximate surface area is 93.7 Å². The van der Waals surface area contributed by atoms with E-state index in [1.165, 1.54) is 6.92 Å². The first-order valence-electron chi connectivity index (χ1n) is 4.68. The maximum atomic E-state index is 11.5. The molecule has 0 bridgehead atoms. The first kappa shape index (κ1) is 11.0. The van der Waals surface area contributed by atoms with Gasteiger partial charge >= 0.3 is 5.97 Å². The van der Waals surface area contributed by atoms with Gasteiger partial charge in [-0.25, -0.2) is 9.97 Å². The Kier molecular flexibility index (Phi) is 2.69. The summed E-state index contributed by atoms with van der Waals surface area (Å²) in [5.41, 5.74) is -0.887. The monoisotopic (exact) mass is 236 g/mol. The molecule has 0 fully saturated rings. The van der Waals surface area contributed by atoms with Crippen molar-refractivity contribution in [1.29, 1.82) is 0 Å². The minimum absolute atomic E-state index is 0.0242. The molecule has 0 saturated carbocycles. The minimum Gasteiger partial charge on any atom is -0.458 e. The second-order valence-electron chi connectivity index (χ2n) is 3.24. The van der Waals surface area contributed by atoms with Crippen molar-refractivity contribution in [1.82, 2.24) is 19.9 Å². The summed E-state index contributed by atoms with van der Waals surface area (Å²) in [4.78, 5) is 45.5. The molecular formula is C9H8N4O4. The summed E-state index contributed by atoms with van der Waals surface area (Å²) < 4.78 is 4.68. The number of fused-ring (bicyclic) bond motifs is 1. The van der Waals surface area contributed by atoms with Gasteiger partial charge in [-0.3, -0.25) is 14.4 Å². The van der Waals surface area contributed by atoms with E-state index in [2.05, 4.69) is 24.7 Å². The predicted octanol–water partition coefficient (Wildman–Crippen LogP) is -0.930. The number of carbonyl (C=O) groups excluding carboxylic acids is 1. The van der Waals surface area contributed by atoms with E-state index < -0.39 is 17.1 Å². The van der Waals surface area contributed by atoms with Gasteiger partial charge in [0.15, 0.2) is 11.2 Å². The molecular weight excluding hydrogens is 228 g/mol. The smallest absolute Gasteiger partial charge is 0.303 e. The summed E-state index contributed by atoms with van der Waals surface area (Å²) in [6.07, 6.45) is 0.991. The molecule has 88 valence electrons. The number of esters is 1. The molecule has 2 aromatic rings. The van der Waals surface area contributed by atoms with E-state index in [9.17, 15) is 14.4 Å². The maximum absolute atomic E-state index is 11.5. The summed E-state index contributed by atoms with van der Waals surface area (Å²) >= 11 is 0. The standard InChI is InChI=1S/C9H8N4O4/c1-4(14)17-3-5-11-8-7(9(16)12-5)10-2-6(15)13-8/h2H,3H2,1H3,(H2,11,12,13,15,16). The van der Waals surface area contributed by atoms with Crippen molar-refractivity contribution in [3.8, 4) is 0 Å². The number of rotatable bonds is 2. The molecule has 0 atom stereocenters. The fourth-order valence-electron chi connectivity index (χ4n) is 1.23. The van der Waals surface area contributed by atoms with Crippen LogP contribution in [0.25, 0.3) is 11.2 Å². The lowest BCUT2D eigenvalue weighted by molar-refractivity contribution is -0.142. The largest absolute Gasteiger partial charge is 0.458 e. The molecule has 0 radical (unpaired) electrons. The Morgan fingerprint density at radius 1 is 1.41 bits per heavy atom. The van der Waals surface area contributed by atoms with Crippen LogP contribution in [0.5, 0.6) is 0 Å². The lowest BCUT2D eigenvalue weighted by Crippen LogP contribution is -2.18. The van der Waals surface area contributed by atoms with E-state index in [-0.39, 0.29) is 23.6 Å². The summed E-state index contributed by atoms with van der Waals surface area (Å²) in [7, 11) is 0. The average molecular weight is 236 g/mol. The van der Waals surface area contributed by atoms with Gasteiger partial charge in [-0.15, -0.1) is 0 Å². The molecule has 8 nitrogen and oxygen atoms in total. The Hall–Kier alpha value is -2.51. The highest BCUT2D eigenvalue weighted by Crippen LogP contribution is 1.98. The fraction of sp³-hybridized carbons (Fsp3) is 0.222. The number of nitrogens with zero attached hydrogens (tertiary/aromatic N) is 2. The number of hydrogen-bond donors (Lipinski definition) is 2. The summed E-state index contributed by atoms with van der Waals surface area (Å²) in [6.45, 7) is 1.07. The van der Waals surface area contributed by atoms with Gasteiger partial charge in [-0.1, -0.05) is 0 Å². The van der Waals surface area contributed by atoms with Crippen LogP contribution in [-0.2, 0) is 16.1 Å². The van der Waals surface area contributed by atoms with Gasteiger partial charge in [0.1, 0.15) is 12.4 Å². The molecule has 8 heteroatoms. The maximum Gasteiger partial charge on any atom is 0.303 e. The van der Waals surface area contributed by atoms with Crippen molar-refractivity contribution >= 4 is 17.1 Å². The van der Waals surface area contributed by atoms with Gasteiger partial charge in [0.05, 0.1) is 6.20 Å². The van der Waals surface area contributed by atoms with Crippen LogP contribution in [-0.4, -0.2) is 25.9 Å². The molecule has 0 aliphatic rings. The number of aromatic amines is 2. The molecule has 0 spiro atoms. The molecule has 2 rings (SSSR count). The number of ether oxygens (including phenoxy) is 1. The zero-order valence-corrected chi connectivity index (χ0v) is 8.81. The van der Waals surface area contributed by atoms with Crippen LogP contribution >= 0.6 is 0 Å². The number of hydrogen-bond acceptors (Lipinski definition) is 6. The quantitative estimate of drug-likeness (QED) is 0.650. The van der Waals surface area contributed by atoms with E-state index in [1.807, 2.05) is 0 Å². The molecule has 0 saturated heterocycles. The van der Waals surface area contributed by atoms with Crippen LogP contribution in [0, 0.1) is 0 Å². The molecule has 0 amide bonds. The van der Waals surface area contributed by atoms with Crippen LogP contribution in [0.4, 0.5) is 0 Å². The van der Waals surface area contributed by atoms with Crippen LogP contribution in [0.2, 0.25) is 0 Å². The van der Waals surface area contributed by atoms with Gasteiger partial charge in [0.2, 0.25) is 0 Å². The zero-order chi connectivity index (χ0) is 12.4. The number of carbonyl (C=O) groups is 1. The van der Waals surface area contributed by atoms with Crippen LogP contribution < -0.4 is 11.1 Å². The van der Waals surface area contributed by atoms with Gasteiger partial charge in [0.25, 0.3) is 11.1 Å². The Morgan fingerprint density at radius 3 is 2.88 bits per heavy atom. The Morgan fingerprint density at radius 2 is 2.18 bits per heavy atom. The second kappa shape index (κ2) is 4.16. The topological polar surface area (TPSA) is 118 Å². The van der Waals surface area contributed by atoms with Crippen molar-refractivity contribution in [2.45, 2.75) is 13.5 Å². The summed E-state index contributed by atoms with van der Waals surface area (Å²) in [6, 6.07) is 0. The molecule has 2 heterocycles. The van der Waals surface area contributed by atoms with Crippen molar-refractivity contribution < 1.29 is 9.53 Å². The predicted molar refractivity (Wildman–Crippen MR) is 56.2 cm³/mol. The molecule has 0 aliphatic heterocycles. The third-order valence-corrected chi connectivity index (χ3v) is 1.91. The fourth-order valence-corrected chi connectivity index (χ4v) is 1.23. The van der Waals surface area contributed by atoms with E-state index in [1.54, 1.807) is 0 Å². The molecule has 17 heavy (non-hydrogen) atoms. The highest BCUT2D eigenvalue weighted by molar-refractivity contribution is 5.67. The number of nitrogens with one attached hydrogen (secondary N) is 2. The van der Waals surface area contributed by atoms with E-state index >= 15 is 0 Å². The van der Waals surface area contributed by atoms with Crippen LogP contribution in [0.15, 0.2) is 15.8 Å². The first-order valence-corrected chi connectivity index (χ1v) is 4.68. The molecule has 0 unspecified atom stereocenters. The van der Waals surface area contributed by atoms with Gasteiger partial charge < -0.3 is 14.7 Å². The van der Waals surface area contributed by atoms with Crippen molar-refractivity contribution in [2.24, 2.45) is 0 Å². The molecule has 2 N–H and O–H groups in total. The van der Waals surface area contributed by atoms with Crippen molar-refractivity contribution in [3.63, 3.8) is 0 Å². The SMILES string of the molecule is CC(=O)OCc1nc2[nH]c(=O)cnc2c(=O)[nH]1. The highest BCUT2D eigenvalue weighted by atomic mass is 16.5. The van der Waals surface area contributed by atoms with Gasteiger partial charge in [-0.2, -0.15) is 0 Å². The van der Waals surface area contributed by atoms with Crippen LogP contribution in [0.3, 0.4) is 0 Å². The lowest BCUT2D eigenvalue weighted by Gasteiger charge is -2.02. The average Bonchev–Trinajstić information content (AvgIpc) is 2.25. The van der Waals surface area contributed by atoms with E-state index in [0.717, 1.165) is 6.20 Å². The third kappa shape index (κ3) is 2.36. The van der Waals surface area contributed by atoms with Gasteiger partial charge in [-0.05, 0) is 0 Å². The first-order chi connectivity index (χ1) is 8.06. The molecule has 0 aromatic carbocycles. The normalized spacial score (nSPS) is 10.4. The molecule has 2 aromatic heterocycles. The Balaban J connectivity index is 2.50. The summed E-state index contributed by atoms with van der Waals surface area (Å²) in [5.74, 6) is -0.353. The van der Waals surface area contributed by atoms with Crippen molar-refractivity contribution in [2.75, 3.05) is 0 Å². The number of H-pyrrole nitrogens is 2. The second-order valence-corrected chi connectivity index (χ2v) is 3.24. The Bertz CT molecular complexity index is 687. The van der Waals surface area contributed by atoms with Crippen molar-refractivity contribution in [3.05, 3.63) is 32.7 Å². The summed E-state index contributed by atoms with van der Waals surface area (Å²) in [5, 5.41) is 0. The third-order valence-electron chi connectivity index (χ3n) is 1.91.